The van der Waals surface area contributed by atoms with Crippen molar-refractivity contribution in [2.45, 2.75) is 76.7 Å². The van der Waals surface area contributed by atoms with Crippen LogP contribution in [0, 0.1) is 20.8 Å². The highest BCUT2D eigenvalue weighted by Gasteiger charge is 2.46. The van der Waals surface area contributed by atoms with Crippen LogP contribution in [-0.4, -0.2) is 57.7 Å². The molecule has 0 radical (unpaired) electrons. The number of thioether (sulfide) groups is 1. The minimum Gasteiger partial charge on any atom is -0.507 e. The Hall–Kier alpha value is -2.71. The number of benzene rings is 2. The Morgan fingerprint density at radius 1 is 1.14 bits per heavy atom. The van der Waals surface area contributed by atoms with Gasteiger partial charge in [0.05, 0.1) is 5.25 Å². The van der Waals surface area contributed by atoms with Crippen LogP contribution >= 0.6 is 11.8 Å². The van der Waals surface area contributed by atoms with Crippen molar-refractivity contribution >= 4 is 22.9 Å². The molecule has 7 nitrogen and oxygen atoms in total. The van der Waals surface area contributed by atoms with Crippen LogP contribution in [0.25, 0.3) is 0 Å². The van der Waals surface area contributed by atoms with Crippen LogP contribution < -0.4 is 14.8 Å². The standard InChI is InChI=1S/C29H36N2O5S/c1-16-17(2)26-24(18(3)25(16)32)22(29(4,5)36-26)14-31-12-6-7-20(31)15-35-21-10-8-19(9-11-21)13-23-27(33)30-28(34)37-23/h8-11,20,22-23,32H,6-7,12-15H2,1-5H3,(H,30,33,34)/t20-,22-,23?/m0/s1. The van der Waals surface area contributed by atoms with Crippen LogP contribution in [-0.2, 0) is 11.2 Å². The zero-order chi connectivity index (χ0) is 26.5. The average Bonchev–Trinajstić information content (AvgIpc) is 3.51. The van der Waals surface area contributed by atoms with Gasteiger partial charge >= 0.3 is 0 Å². The van der Waals surface area contributed by atoms with Crippen LogP contribution in [0.1, 0.15) is 60.4 Å². The number of amides is 2. The molecule has 0 aromatic heterocycles. The van der Waals surface area contributed by atoms with Crippen LogP contribution in [0.4, 0.5) is 4.79 Å². The third-order valence-electron chi connectivity index (χ3n) is 8.28. The molecule has 2 fully saturated rings. The fraction of sp³-hybridized carbons (Fsp3) is 0.517. The minimum atomic E-state index is -0.362. The van der Waals surface area contributed by atoms with E-state index in [0.717, 1.165) is 77.0 Å². The summed E-state index contributed by atoms with van der Waals surface area (Å²) in [5, 5.41) is 12.5. The minimum absolute atomic E-state index is 0.158. The number of carbonyl (C=O) groups is 2. The third-order valence-corrected chi connectivity index (χ3v) is 9.27. The second-order valence-corrected chi connectivity index (χ2v) is 12.2. The summed E-state index contributed by atoms with van der Waals surface area (Å²) in [6.45, 7) is 12.8. The molecule has 2 amide bonds. The van der Waals surface area contributed by atoms with E-state index >= 15 is 0 Å². The molecule has 0 saturated carbocycles. The number of carbonyl (C=O) groups excluding carboxylic acids is 2. The molecule has 5 rings (SSSR count). The highest BCUT2D eigenvalue weighted by atomic mass is 32.2. The number of nitrogens with one attached hydrogen (secondary N) is 1. The first-order valence-electron chi connectivity index (χ1n) is 13.0. The quantitative estimate of drug-likeness (QED) is 0.526. The monoisotopic (exact) mass is 524 g/mol. The summed E-state index contributed by atoms with van der Waals surface area (Å²) < 4.78 is 12.7. The second kappa shape index (κ2) is 9.87. The number of phenols is 1. The number of nitrogens with zero attached hydrogens (tertiary/aromatic N) is 1. The third kappa shape index (κ3) is 4.93. The first-order chi connectivity index (χ1) is 17.5. The molecule has 2 saturated heterocycles. The van der Waals surface area contributed by atoms with Crippen molar-refractivity contribution in [2.75, 3.05) is 19.7 Å². The average molecular weight is 525 g/mol. The van der Waals surface area contributed by atoms with Gasteiger partial charge in [-0.1, -0.05) is 23.9 Å². The van der Waals surface area contributed by atoms with Gasteiger partial charge in [0.1, 0.15) is 29.5 Å². The summed E-state index contributed by atoms with van der Waals surface area (Å²) in [5.74, 6) is 2.06. The topological polar surface area (TPSA) is 88.1 Å². The van der Waals surface area contributed by atoms with Gasteiger partial charge in [0, 0.05) is 24.1 Å². The van der Waals surface area contributed by atoms with E-state index in [4.69, 9.17) is 9.47 Å². The van der Waals surface area contributed by atoms with Crippen molar-refractivity contribution in [1.29, 1.82) is 0 Å². The van der Waals surface area contributed by atoms with Gasteiger partial charge in [-0.3, -0.25) is 19.8 Å². The van der Waals surface area contributed by atoms with Gasteiger partial charge in [-0.2, -0.15) is 0 Å². The Morgan fingerprint density at radius 3 is 2.54 bits per heavy atom. The molecule has 2 N–H and O–H groups in total. The van der Waals surface area contributed by atoms with Crippen molar-refractivity contribution in [3.8, 4) is 17.2 Å². The molecule has 0 bridgehead atoms. The lowest BCUT2D eigenvalue weighted by Crippen LogP contribution is -2.42. The van der Waals surface area contributed by atoms with E-state index in [9.17, 15) is 14.7 Å². The van der Waals surface area contributed by atoms with E-state index in [1.807, 2.05) is 45.0 Å². The van der Waals surface area contributed by atoms with Gasteiger partial charge in [-0.05, 0) is 94.8 Å². The summed E-state index contributed by atoms with van der Waals surface area (Å²) in [7, 11) is 0. The summed E-state index contributed by atoms with van der Waals surface area (Å²) >= 11 is 1.05. The van der Waals surface area contributed by atoms with Crippen LogP contribution in [0.2, 0.25) is 0 Å². The van der Waals surface area contributed by atoms with Crippen LogP contribution in [0.15, 0.2) is 24.3 Å². The summed E-state index contributed by atoms with van der Waals surface area (Å²) in [4.78, 5) is 25.7. The Kier molecular flexibility index (Phi) is 6.92. The number of imide groups is 1. The second-order valence-electron chi connectivity index (χ2n) is 11.1. The Labute approximate surface area is 222 Å². The molecule has 198 valence electrons. The van der Waals surface area contributed by atoms with Crippen molar-refractivity contribution in [3.05, 3.63) is 52.1 Å². The number of rotatable bonds is 7. The lowest BCUT2D eigenvalue weighted by Gasteiger charge is -2.33. The Balaban J connectivity index is 1.23. The number of phenolic OH excluding ortho intramolecular Hbond substituents is 1. The summed E-state index contributed by atoms with van der Waals surface area (Å²) in [6, 6.07) is 8.12. The zero-order valence-electron chi connectivity index (χ0n) is 22.2. The largest absolute Gasteiger partial charge is 0.507 e. The summed E-state index contributed by atoms with van der Waals surface area (Å²) in [5.41, 5.74) is 4.63. The molecule has 0 aliphatic carbocycles. The molecule has 8 heteroatoms. The predicted molar refractivity (Wildman–Crippen MR) is 145 cm³/mol. The van der Waals surface area contributed by atoms with E-state index in [-0.39, 0.29) is 27.9 Å². The number of hydrogen-bond acceptors (Lipinski definition) is 7. The van der Waals surface area contributed by atoms with E-state index in [0.29, 0.717) is 24.8 Å². The number of hydrogen-bond donors (Lipinski definition) is 2. The van der Waals surface area contributed by atoms with Crippen LogP contribution in [0.5, 0.6) is 17.2 Å². The predicted octanol–water partition coefficient (Wildman–Crippen LogP) is 5.01. The molecular formula is C29H36N2O5S. The van der Waals surface area contributed by atoms with Gasteiger partial charge in [-0.15, -0.1) is 0 Å². The number of fused-ring (bicyclic) bond motifs is 1. The van der Waals surface area contributed by atoms with Gasteiger partial charge in [0.15, 0.2) is 0 Å². The number of ether oxygens (including phenoxy) is 2. The molecule has 37 heavy (non-hydrogen) atoms. The van der Waals surface area contributed by atoms with Gasteiger partial charge in [0.2, 0.25) is 5.91 Å². The molecule has 2 aromatic rings. The van der Waals surface area contributed by atoms with Crippen molar-refractivity contribution in [3.63, 3.8) is 0 Å². The molecule has 1 unspecified atom stereocenters. The smallest absolute Gasteiger partial charge is 0.286 e. The maximum absolute atomic E-state index is 11.8. The number of aromatic hydroxyl groups is 1. The Morgan fingerprint density at radius 2 is 1.86 bits per heavy atom. The molecule has 3 heterocycles. The first-order valence-corrected chi connectivity index (χ1v) is 13.9. The fourth-order valence-electron chi connectivity index (χ4n) is 5.89. The molecule has 3 aliphatic heterocycles. The lowest BCUT2D eigenvalue weighted by atomic mass is 9.82. The van der Waals surface area contributed by atoms with Gasteiger partial charge in [-0.25, -0.2) is 0 Å². The number of likely N-dealkylation sites (tertiary alicyclic amines) is 1. The summed E-state index contributed by atoms with van der Waals surface area (Å²) in [6.07, 6.45) is 2.73. The molecule has 3 aliphatic rings. The molecule has 3 atom stereocenters. The van der Waals surface area contributed by atoms with Gasteiger partial charge in [0.25, 0.3) is 5.24 Å². The Bertz CT molecular complexity index is 1230. The fourth-order valence-corrected chi connectivity index (χ4v) is 6.75. The zero-order valence-corrected chi connectivity index (χ0v) is 23.0. The van der Waals surface area contributed by atoms with E-state index in [2.05, 4.69) is 24.1 Å². The highest BCUT2D eigenvalue weighted by molar-refractivity contribution is 8.15. The van der Waals surface area contributed by atoms with E-state index in [1.165, 1.54) is 0 Å². The highest BCUT2D eigenvalue weighted by Crippen LogP contribution is 2.52. The SMILES string of the molecule is Cc1c(C)c2c(c(C)c1O)[C@H](CN1CCC[C@H]1COc1ccc(CC3SC(=O)NC3=O)cc1)C(C)(C)O2. The van der Waals surface area contributed by atoms with Crippen molar-refractivity contribution in [1.82, 2.24) is 10.2 Å². The van der Waals surface area contributed by atoms with Crippen molar-refractivity contribution in [2.24, 2.45) is 0 Å². The van der Waals surface area contributed by atoms with Crippen molar-refractivity contribution < 1.29 is 24.2 Å². The van der Waals surface area contributed by atoms with E-state index in [1.54, 1.807) is 0 Å². The first kappa shape index (κ1) is 25.9. The normalized spacial score (nSPS) is 24.7. The maximum Gasteiger partial charge on any atom is 0.286 e. The van der Waals surface area contributed by atoms with Crippen LogP contribution in [0.3, 0.4) is 0 Å². The van der Waals surface area contributed by atoms with E-state index < -0.39 is 0 Å². The molecular weight excluding hydrogens is 488 g/mol. The van der Waals surface area contributed by atoms with Gasteiger partial charge < -0.3 is 14.6 Å². The molecule has 0 spiro atoms. The maximum atomic E-state index is 11.8. The lowest BCUT2D eigenvalue weighted by molar-refractivity contribution is -0.118. The molecule has 2 aromatic carbocycles.